The third-order valence-corrected chi connectivity index (χ3v) is 1.12. The maximum Gasteiger partial charge on any atom is 0.293 e. The minimum absolute atomic E-state index is 0.401. The Bertz CT molecular complexity index is 198. The maximum atomic E-state index is 9.69. The second-order valence-electron chi connectivity index (χ2n) is 1.90. The number of aromatic amines is 1. The van der Waals surface area contributed by atoms with Crippen molar-refractivity contribution in [3.05, 3.63) is 5.82 Å². The molecule has 1 rings (SSSR count). The zero-order chi connectivity index (χ0) is 7.94. The second kappa shape index (κ2) is 4.37. The first-order valence-electron chi connectivity index (χ1n) is 3.21. The van der Waals surface area contributed by atoms with E-state index < -0.39 is 0 Å². The van der Waals surface area contributed by atoms with Crippen LogP contribution in [-0.2, 0) is 16.0 Å². The number of rotatable bonds is 5. The molecule has 0 aliphatic heterocycles. The average molecular weight is 156 g/mol. The zero-order valence-corrected chi connectivity index (χ0v) is 5.86. The first-order valence-corrected chi connectivity index (χ1v) is 3.21. The monoisotopic (exact) mass is 156 g/mol. The van der Waals surface area contributed by atoms with Gasteiger partial charge in [-0.3, -0.25) is 4.79 Å². The highest BCUT2D eigenvalue weighted by Crippen LogP contribution is 1.91. The summed E-state index contributed by atoms with van der Waals surface area (Å²) in [6.07, 6.45) is 1.39. The number of nitrogens with one attached hydrogen (secondary N) is 1. The van der Waals surface area contributed by atoms with Crippen LogP contribution in [0.4, 0.5) is 0 Å². The van der Waals surface area contributed by atoms with Gasteiger partial charge in [-0.25, -0.2) is 0 Å². The fourth-order valence-electron chi connectivity index (χ4n) is 0.650. The highest BCUT2D eigenvalue weighted by atomic mass is 16.5. The molecule has 0 spiro atoms. The van der Waals surface area contributed by atoms with Gasteiger partial charge in [-0.1, -0.05) is 5.21 Å². The van der Waals surface area contributed by atoms with Crippen LogP contribution in [0, 0.1) is 0 Å². The molecule has 0 bridgehead atoms. The van der Waals surface area contributed by atoms with Gasteiger partial charge in [0, 0.05) is 6.42 Å². The van der Waals surface area contributed by atoms with E-state index in [9.17, 15) is 4.79 Å². The van der Waals surface area contributed by atoms with Gasteiger partial charge in [0.2, 0.25) is 0 Å². The SMILES string of the molecule is O=COCCCc1nn[nH]n1. The van der Waals surface area contributed by atoms with Crippen molar-refractivity contribution >= 4 is 6.47 Å². The topological polar surface area (TPSA) is 80.8 Å². The van der Waals surface area contributed by atoms with E-state index in [0.717, 1.165) is 6.42 Å². The highest BCUT2D eigenvalue weighted by Gasteiger charge is 1.96. The third kappa shape index (κ3) is 2.74. The van der Waals surface area contributed by atoms with Gasteiger partial charge in [0.15, 0.2) is 5.82 Å². The predicted molar refractivity (Wildman–Crippen MR) is 34.5 cm³/mol. The molecule has 0 radical (unpaired) electrons. The fraction of sp³-hybridized carbons (Fsp3) is 0.600. The summed E-state index contributed by atoms with van der Waals surface area (Å²) in [4.78, 5) is 9.69. The Hall–Kier alpha value is -1.46. The van der Waals surface area contributed by atoms with Crippen molar-refractivity contribution in [3.8, 4) is 0 Å². The van der Waals surface area contributed by atoms with E-state index in [1.54, 1.807) is 0 Å². The van der Waals surface area contributed by atoms with Crippen molar-refractivity contribution in [2.24, 2.45) is 0 Å². The quantitative estimate of drug-likeness (QED) is 0.450. The lowest BCUT2D eigenvalue weighted by molar-refractivity contribution is -0.128. The molecule has 0 aromatic carbocycles. The van der Waals surface area contributed by atoms with E-state index in [2.05, 4.69) is 25.4 Å². The number of aromatic nitrogens is 4. The molecule has 6 heteroatoms. The summed E-state index contributed by atoms with van der Waals surface area (Å²) < 4.78 is 4.47. The average Bonchev–Trinajstić information content (AvgIpc) is 2.50. The molecule has 0 aliphatic rings. The van der Waals surface area contributed by atoms with Crippen molar-refractivity contribution in [2.75, 3.05) is 6.61 Å². The van der Waals surface area contributed by atoms with Crippen molar-refractivity contribution in [3.63, 3.8) is 0 Å². The van der Waals surface area contributed by atoms with E-state index >= 15 is 0 Å². The molecule has 1 N–H and O–H groups in total. The Morgan fingerprint density at radius 2 is 2.55 bits per heavy atom. The van der Waals surface area contributed by atoms with E-state index in [0.29, 0.717) is 25.3 Å². The van der Waals surface area contributed by atoms with Crippen LogP contribution in [0.3, 0.4) is 0 Å². The summed E-state index contributed by atoms with van der Waals surface area (Å²) in [5, 5.41) is 13.1. The van der Waals surface area contributed by atoms with Gasteiger partial charge < -0.3 is 4.74 Å². The zero-order valence-electron chi connectivity index (χ0n) is 5.86. The van der Waals surface area contributed by atoms with Gasteiger partial charge >= 0.3 is 0 Å². The van der Waals surface area contributed by atoms with Crippen molar-refractivity contribution in [2.45, 2.75) is 12.8 Å². The molecule has 1 aromatic rings. The molecule has 60 valence electrons. The lowest BCUT2D eigenvalue weighted by Gasteiger charge is -1.93. The van der Waals surface area contributed by atoms with Crippen LogP contribution in [0.2, 0.25) is 0 Å². The van der Waals surface area contributed by atoms with Gasteiger partial charge in [-0.2, -0.15) is 5.21 Å². The fourth-order valence-corrected chi connectivity index (χ4v) is 0.650. The number of carbonyl (C=O) groups is 1. The molecular weight excluding hydrogens is 148 g/mol. The normalized spacial score (nSPS) is 9.45. The number of ether oxygens (including phenoxy) is 1. The minimum atomic E-state index is 0.401. The summed E-state index contributed by atoms with van der Waals surface area (Å²) in [6.45, 7) is 0.828. The Morgan fingerprint density at radius 1 is 1.64 bits per heavy atom. The molecule has 0 saturated heterocycles. The van der Waals surface area contributed by atoms with Crippen molar-refractivity contribution in [1.29, 1.82) is 0 Å². The Morgan fingerprint density at radius 3 is 3.18 bits per heavy atom. The van der Waals surface area contributed by atoms with Crippen LogP contribution < -0.4 is 0 Å². The van der Waals surface area contributed by atoms with Gasteiger partial charge in [0.05, 0.1) is 6.61 Å². The van der Waals surface area contributed by atoms with Crippen molar-refractivity contribution in [1.82, 2.24) is 20.6 Å². The lowest BCUT2D eigenvalue weighted by atomic mass is 10.3. The second-order valence-corrected chi connectivity index (χ2v) is 1.90. The van der Waals surface area contributed by atoms with Gasteiger partial charge in [0.1, 0.15) is 0 Å². The molecule has 0 amide bonds. The molecule has 0 saturated carbocycles. The first kappa shape index (κ1) is 7.64. The summed E-state index contributed by atoms with van der Waals surface area (Å²) in [5.74, 6) is 0.638. The van der Waals surface area contributed by atoms with Gasteiger partial charge in [-0.05, 0) is 6.42 Å². The minimum Gasteiger partial charge on any atom is -0.468 e. The number of carbonyl (C=O) groups excluding carboxylic acids is 1. The van der Waals surface area contributed by atoms with Gasteiger partial charge in [-0.15, -0.1) is 10.2 Å². The largest absolute Gasteiger partial charge is 0.468 e. The van der Waals surface area contributed by atoms with Crippen molar-refractivity contribution < 1.29 is 9.53 Å². The number of nitrogens with zero attached hydrogens (tertiary/aromatic N) is 3. The van der Waals surface area contributed by atoms with E-state index in [-0.39, 0.29) is 0 Å². The highest BCUT2D eigenvalue weighted by molar-refractivity contribution is 5.36. The summed E-state index contributed by atoms with van der Waals surface area (Å²) >= 11 is 0. The van der Waals surface area contributed by atoms with Crippen LogP contribution in [0.15, 0.2) is 0 Å². The van der Waals surface area contributed by atoms with Gasteiger partial charge in [0.25, 0.3) is 6.47 Å². The molecule has 1 heterocycles. The Balaban J connectivity index is 2.09. The third-order valence-electron chi connectivity index (χ3n) is 1.12. The smallest absolute Gasteiger partial charge is 0.293 e. The molecule has 1 aromatic heterocycles. The number of tetrazole rings is 1. The lowest BCUT2D eigenvalue weighted by Crippen LogP contribution is -1.96. The van der Waals surface area contributed by atoms with Crippen LogP contribution in [0.25, 0.3) is 0 Å². The summed E-state index contributed by atoms with van der Waals surface area (Å²) in [6, 6.07) is 0. The van der Waals surface area contributed by atoms with Crippen LogP contribution in [-0.4, -0.2) is 33.7 Å². The summed E-state index contributed by atoms with van der Waals surface area (Å²) in [5.41, 5.74) is 0. The molecule has 0 atom stereocenters. The van der Waals surface area contributed by atoms with E-state index in [1.165, 1.54) is 0 Å². The van der Waals surface area contributed by atoms with Crippen LogP contribution in [0.1, 0.15) is 12.2 Å². The maximum absolute atomic E-state index is 9.69. The predicted octanol–water partition coefficient (Wildman–Crippen LogP) is -0.695. The molecular formula is C5H8N4O2. The first-order chi connectivity index (χ1) is 5.43. The standard InChI is InChI=1S/C5H8N4O2/c10-4-11-3-1-2-5-6-8-9-7-5/h4H,1-3H2,(H,6,7,8,9). The van der Waals surface area contributed by atoms with E-state index in [4.69, 9.17) is 0 Å². The number of hydrogen-bond donors (Lipinski definition) is 1. The molecule has 0 aliphatic carbocycles. The van der Waals surface area contributed by atoms with Crippen LogP contribution >= 0.6 is 0 Å². The van der Waals surface area contributed by atoms with E-state index in [1.807, 2.05) is 0 Å². The Labute approximate surface area is 62.9 Å². The number of H-pyrrole nitrogens is 1. The Kier molecular flexibility index (Phi) is 3.04. The molecule has 6 nitrogen and oxygen atoms in total. The molecule has 11 heavy (non-hydrogen) atoms. The molecule has 0 fully saturated rings. The number of hydrogen-bond acceptors (Lipinski definition) is 5. The summed E-state index contributed by atoms with van der Waals surface area (Å²) in [7, 11) is 0. The number of aryl methyl sites for hydroxylation is 1. The molecule has 0 unspecified atom stereocenters. The van der Waals surface area contributed by atoms with Crippen LogP contribution in [0.5, 0.6) is 0 Å².